The second-order valence-corrected chi connectivity index (χ2v) is 2.21. The van der Waals surface area contributed by atoms with Gasteiger partial charge in [0, 0.05) is 0 Å². The van der Waals surface area contributed by atoms with Crippen molar-refractivity contribution in [2.75, 3.05) is 0 Å². The summed E-state index contributed by atoms with van der Waals surface area (Å²) in [5.41, 5.74) is 1.61. The van der Waals surface area contributed by atoms with Gasteiger partial charge in [-0.15, -0.1) is 21.5 Å². The third kappa shape index (κ3) is 1.77. The first-order valence-corrected chi connectivity index (χ1v) is 3.16. The molecule has 0 spiro atoms. The van der Waals surface area contributed by atoms with Crippen molar-refractivity contribution in [3.63, 3.8) is 0 Å². The summed E-state index contributed by atoms with van der Waals surface area (Å²) < 4.78 is 0. The second-order valence-electron chi connectivity index (χ2n) is 1.29. The lowest BCUT2D eigenvalue weighted by Gasteiger charge is -1.86. The van der Waals surface area contributed by atoms with Crippen LogP contribution in [0.5, 0.6) is 0 Å². The molecule has 0 saturated heterocycles. The van der Waals surface area contributed by atoms with E-state index in [9.17, 15) is 4.79 Å². The van der Waals surface area contributed by atoms with Crippen molar-refractivity contribution in [1.29, 1.82) is 0 Å². The quantitative estimate of drug-likeness (QED) is 0.589. The van der Waals surface area contributed by atoms with Gasteiger partial charge < -0.3 is 5.32 Å². The lowest BCUT2D eigenvalue weighted by Crippen LogP contribution is -2.09. The predicted molar refractivity (Wildman–Crippen MR) is 32.4 cm³/mol. The van der Waals surface area contributed by atoms with E-state index in [1.165, 1.54) is 11.3 Å². The Balaban J connectivity index is 2.38. The van der Waals surface area contributed by atoms with Crippen molar-refractivity contribution in [3.05, 3.63) is 10.5 Å². The van der Waals surface area contributed by atoms with E-state index in [4.69, 9.17) is 0 Å². The number of amides is 1. The summed E-state index contributed by atoms with van der Waals surface area (Å²) in [6.45, 7) is 0.425. The SMILES string of the molecule is O=[C]NCc1nncs1. The van der Waals surface area contributed by atoms with Gasteiger partial charge in [0.1, 0.15) is 10.5 Å². The van der Waals surface area contributed by atoms with Gasteiger partial charge in [-0.1, -0.05) is 0 Å². The third-order valence-electron chi connectivity index (χ3n) is 0.717. The van der Waals surface area contributed by atoms with Crippen LogP contribution in [0.2, 0.25) is 0 Å². The highest BCUT2D eigenvalue weighted by atomic mass is 32.1. The first-order chi connectivity index (χ1) is 4.43. The average Bonchev–Trinajstić information content (AvgIpc) is 2.34. The molecule has 0 bridgehead atoms. The molecule has 1 aromatic rings. The minimum absolute atomic E-state index is 0.425. The van der Waals surface area contributed by atoms with Crippen LogP contribution in [-0.2, 0) is 11.3 Å². The Kier molecular flexibility index (Phi) is 2.14. The Morgan fingerprint density at radius 3 is 3.33 bits per heavy atom. The number of hydrogen-bond donors (Lipinski definition) is 1. The highest BCUT2D eigenvalue weighted by molar-refractivity contribution is 7.09. The first kappa shape index (κ1) is 6.15. The highest BCUT2D eigenvalue weighted by Gasteiger charge is 1.92. The normalized spacial score (nSPS) is 8.89. The Hall–Kier alpha value is -0.970. The molecule has 1 heterocycles. The average molecular weight is 142 g/mol. The lowest BCUT2D eigenvalue weighted by molar-refractivity contribution is 0.541. The van der Waals surface area contributed by atoms with Gasteiger partial charge in [-0.25, -0.2) is 0 Å². The van der Waals surface area contributed by atoms with Gasteiger partial charge in [-0.05, 0) is 0 Å². The summed E-state index contributed by atoms with van der Waals surface area (Å²) in [6.07, 6.45) is 1.54. The van der Waals surface area contributed by atoms with Crippen LogP contribution in [0.4, 0.5) is 0 Å². The molecular weight excluding hydrogens is 138 g/mol. The number of carbonyl (C=O) groups excluding carboxylic acids is 1. The fourth-order valence-corrected chi connectivity index (χ4v) is 0.850. The van der Waals surface area contributed by atoms with Crippen LogP contribution < -0.4 is 5.32 Å². The molecule has 0 unspecified atom stereocenters. The molecule has 0 atom stereocenters. The molecule has 1 radical (unpaired) electrons. The highest BCUT2D eigenvalue weighted by Crippen LogP contribution is 1.98. The Morgan fingerprint density at radius 1 is 1.89 bits per heavy atom. The number of hydrogen-bond acceptors (Lipinski definition) is 4. The summed E-state index contributed by atoms with van der Waals surface area (Å²) in [5.74, 6) is 0. The van der Waals surface area contributed by atoms with Crippen molar-refractivity contribution in [1.82, 2.24) is 15.5 Å². The van der Waals surface area contributed by atoms with Crippen LogP contribution in [0.3, 0.4) is 0 Å². The van der Waals surface area contributed by atoms with Crippen LogP contribution in [0.25, 0.3) is 0 Å². The molecule has 0 aliphatic heterocycles. The van der Waals surface area contributed by atoms with E-state index in [1.54, 1.807) is 11.9 Å². The minimum Gasteiger partial charge on any atom is -0.341 e. The largest absolute Gasteiger partial charge is 0.341 e. The van der Waals surface area contributed by atoms with Crippen molar-refractivity contribution in [2.45, 2.75) is 6.54 Å². The molecule has 4 nitrogen and oxygen atoms in total. The molecule has 1 rings (SSSR count). The Morgan fingerprint density at radius 2 is 2.78 bits per heavy atom. The zero-order valence-electron chi connectivity index (χ0n) is 4.50. The van der Waals surface area contributed by atoms with Gasteiger partial charge in [0.2, 0.25) is 0 Å². The lowest BCUT2D eigenvalue weighted by atomic mass is 10.7. The van der Waals surface area contributed by atoms with E-state index >= 15 is 0 Å². The van der Waals surface area contributed by atoms with Crippen molar-refractivity contribution < 1.29 is 4.79 Å². The predicted octanol–water partition coefficient (Wildman–Crippen LogP) is -0.305. The zero-order chi connectivity index (χ0) is 6.53. The van der Waals surface area contributed by atoms with Crippen LogP contribution >= 0.6 is 11.3 Å². The third-order valence-corrected chi connectivity index (χ3v) is 1.41. The van der Waals surface area contributed by atoms with E-state index in [0.717, 1.165) is 5.01 Å². The van der Waals surface area contributed by atoms with Gasteiger partial charge in [0.05, 0.1) is 6.54 Å². The molecule has 5 heteroatoms. The zero-order valence-corrected chi connectivity index (χ0v) is 5.31. The maximum Gasteiger partial charge on any atom is 0.309 e. The van der Waals surface area contributed by atoms with Crippen LogP contribution in [0, 0.1) is 0 Å². The number of nitrogens with one attached hydrogen (secondary N) is 1. The van der Waals surface area contributed by atoms with Gasteiger partial charge >= 0.3 is 6.41 Å². The molecule has 0 fully saturated rings. The van der Waals surface area contributed by atoms with Crippen molar-refractivity contribution in [3.8, 4) is 0 Å². The molecule has 0 aromatic carbocycles. The maximum atomic E-state index is 9.62. The fourth-order valence-electron chi connectivity index (χ4n) is 0.385. The van der Waals surface area contributed by atoms with E-state index in [2.05, 4.69) is 15.5 Å². The van der Waals surface area contributed by atoms with Gasteiger partial charge in [-0.2, -0.15) is 0 Å². The summed E-state index contributed by atoms with van der Waals surface area (Å²) in [6, 6.07) is 0. The molecule has 9 heavy (non-hydrogen) atoms. The monoisotopic (exact) mass is 142 g/mol. The molecule has 0 saturated carbocycles. The van der Waals surface area contributed by atoms with E-state index < -0.39 is 0 Å². The molecule has 47 valence electrons. The van der Waals surface area contributed by atoms with Crippen molar-refractivity contribution in [2.24, 2.45) is 0 Å². The molecule has 0 aliphatic carbocycles. The minimum atomic E-state index is 0.425. The number of aromatic nitrogens is 2. The second kappa shape index (κ2) is 3.13. The van der Waals surface area contributed by atoms with Gasteiger partial charge in [0.15, 0.2) is 0 Å². The fraction of sp³-hybridized carbons (Fsp3) is 0.250. The summed E-state index contributed by atoms with van der Waals surface area (Å²) >= 11 is 1.40. The summed E-state index contributed by atoms with van der Waals surface area (Å²) in [5, 5.41) is 10.4. The Bertz CT molecular complexity index is 174. The Labute approximate surface area is 55.9 Å². The van der Waals surface area contributed by atoms with Crippen molar-refractivity contribution >= 4 is 17.7 Å². The first-order valence-electron chi connectivity index (χ1n) is 2.28. The van der Waals surface area contributed by atoms with Crippen LogP contribution in [0.15, 0.2) is 5.51 Å². The maximum absolute atomic E-state index is 9.62. The van der Waals surface area contributed by atoms with E-state index in [1.807, 2.05) is 0 Å². The topological polar surface area (TPSA) is 54.9 Å². The van der Waals surface area contributed by atoms with Gasteiger partial charge in [0.25, 0.3) is 0 Å². The number of nitrogens with zero attached hydrogens (tertiary/aromatic N) is 2. The van der Waals surface area contributed by atoms with Crippen LogP contribution in [0.1, 0.15) is 5.01 Å². The molecule has 0 aliphatic rings. The molecular formula is C4H4N3OS. The molecule has 1 amide bonds. The number of rotatable bonds is 3. The molecule has 1 aromatic heterocycles. The summed E-state index contributed by atoms with van der Waals surface area (Å²) in [4.78, 5) is 9.62. The van der Waals surface area contributed by atoms with Gasteiger partial charge in [-0.3, -0.25) is 4.79 Å². The standard InChI is InChI=1S/C4H4N3OS/c8-2-5-1-4-7-6-3-9-4/h3H,1H2,(H,5,8). The van der Waals surface area contributed by atoms with E-state index in [0.29, 0.717) is 6.54 Å². The van der Waals surface area contributed by atoms with E-state index in [-0.39, 0.29) is 0 Å². The van der Waals surface area contributed by atoms with Crippen LogP contribution in [-0.4, -0.2) is 16.6 Å². The smallest absolute Gasteiger partial charge is 0.309 e. The molecule has 1 N–H and O–H groups in total. The summed E-state index contributed by atoms with van der Waals surface area (Å²) in [7, 11) is 0.